The topological polar surface area (TPSA) is 21.3 Å². The van der Waals surface area contributed by atoms with Gasteiger partial charge in [0.25, 0.3) is 0 Å². The van der Waals surface area contributed by atoms with Gasteiger partial charge in [0.15, 0.2) is 0 Å². The first kappa shape index (κ1) is 14.5. The van der Waals surface area contributed by atoms with E-state index in [1.807, 2.05) is 18.2 Å². The third-order valence-corrected chi connectivity index (χ3v) is 3.18. The van der Waals surface area contributed by atoms with Crippen LogP contribution in [0, 0.1) is 5.82 Å². The van der Waals surface area contributed by atoms with Gasteiger partial charge in [-0.15, -0.1) is 0 Å². The van der Waals surface area contributed by atoms with Gasteiger partial charge in [0.2, 0.25) is 0 Å². The van der Waals surface area contributed by atoms with E-state index in [4.69, 9.17) is 4.74 Å². The minimum Gasteiger partial charge on any atom is -0.457 e. The van der Waals surface area contributed by atoms with Crippen molar-refractivity contribution in [2.45, 2.75) is 26.3 Å². The maximum atomic E-state index is 13.8. The zero-order chi connectivity index (χ0) is 14.5. The highest BCUT2D eigenvalue weighted by Gasteiger charge is 2.10. The van der Waals surface area contributed by atoms with Gasteiger partial charge < -0.3 is 10.1 Å². The lowest BCUT2D eigenvalue weighted by molar-refractivity contribution is 0.463. The van der Waals surface area contributed by atoms with Gasteiger partial charge in [-0.1, -0.05) is 32.0 Å². The predicted octanol–water partition coefficient (Wildman–Crippen LogP) is 4.46. The average Bonchev–Trinajstić information content (AvgIpc) is 2.43. The van der Waals surface area contributed by atoms with Crippen molar-refractivity contribution >= 4 is 0 Å². The summed E-state index contributed by atoms with van der Waals surface area (Å²) < 4.78 is 19.7. The Hall–Kier alpha value is -1.87. The summed E-state index contributed by atoms with van der Waals surface area (Å²) in [4.78, 5) is 0. The van der Waals surface area contributed by atoms with Crippen molar-refractivity contribution < 1.29 is 9.13 Å². The van der Waals surface area contributed by atoms with Crippen molar-refractivity contribution in [2.75, 3.05) is 7.05 Å². The third kappa shape index (κ3) is 3.36. The van der Waals surface area contributed by atoms with Crippen molar-refractivity contribution in [1.82, 2.24) is 5.32 Å². The van der Waals surface area contributed by atoms with Crippen LogP contribution >= 0.6 is 0 Å². The Labute approximate surface area is 119 Å². The maximum Gasteiger partial charge on any atom is 0.134 e. The van der Waals surface area contributed by atoms with Crippen molar-refractivity contribution in [3.05, 3.63) is 59.4 Å². The molecule has 0 heterocycles. The van der Waals surface area contributed by atoms with Gasteiger partial charge in [-0.05, 0) is 42.8 Å². The molecule has 20 heavy (non-hydrogen) atoms. The molecular formula is C17H20FNO. The van der Waals surface area contributed by atoms with Gasteiger partial charge in [0.05, 0.1) is 0 Å². The van der Waals surface area contributed by atoms with Crippen LogP contribution < -0.4 is 10.1 Å². The highest BCUT2D eigenvalue weighted by molar-refractivity contribution is 5.40. The molecule has 0 unspecified atom stereocenters. The van der Waals surface area contributed by atoms with Crippen LogP contribution in [-0.4, -0.2) is 7.05 Å². The van der Waals surface area contributed by atoms with Crippen LogP contribution in [0.3, 0.4) is 0 Å². The van der Waals surface area contributed by atoms with E-state index in [-0.39, 0.29) is 5.82 Å². The lowest BCUT2D eigenvalue weighted by Crippen LogP contribution is -2.08. The molecule has 0 saturated heterocycles. The molecule has 0 atom stereocenters. The Morgan fingerprint density at radius 1 is 1.15 bits per heavy atom. The summed E-state index contributed by atoms with van der Waals surface area (Å²) in [5.41, 5.74) is 1.75. The van der Waals surface area contributed by atoms with Crippen molar-refractivity contribution in [2.24, 2.45) is 0 Å². The van der Waals surface area contributed by atoms with Crippen LogP contribution in [-0.2, 0) is 6.54 Å². The lowest BCUT2D eigenvalue weighted by atomic mass is 10.0. The van der Waals surface area contributed by atoms with Gasteiger partial charge >= 0.3 is 0 Å². The fourth-order valence-corrected chi connectivity index (χ4v) is 2.05. The minimum absolute atomic E-state index is 0.253. The molecule has 106 valence electrons. The zero-order valence-corrected chi connectivity index (χ0v) is 12.1. The molecule has 0 aliphatic heterocycles. The third-order valence-electron chi connectivity index (χ3n) is 3.18. The first-order chi connectivity index (χ1) is 9.61. The van der Waals surface area contributed by atoms with Gasteiger partial charge in [-0.2, -0.15) is 0 Å². The largest absolute Gasteiger partial charge is 0.457 e. The summed E-state index contributed by atoms with van der Waals surface area (Å²) in [6, 6.07) is 12.8. The molecule has 0 radical (unpaired) electrons. The Kier molecular flexibility index (Phi) is 4.74. The first-order valence-corrected chi connectivity index (χ1v) is 6.81. The van der Waals surface area contributed by atoms with Crippen LogP contribution in [0.1, 0.15) is 30.9 Å². The molecule has 2 rings (SSSR count). The standard InChI is InChI=1S/C17H20FNO/c1-12(2)13-6-4-7-14(10-13)20-17-9-5-8-16(18)15(17)11-19-3/h4-10,12,19H,11H2,1-3H3. The molecule has 2 aromatic rings. The predicted molar refractivity (Wildman–Crippen MR) is 79.8 cm³/mol. The van der Waals surface area contributed by atoms with E-state index in [0.717, 1.165) is 5.75 Å². The molecule has 0 aliphatic carbocycles. The normalized spacial score (nSPS) is 10.8. The molecule has 0 aromatic heterocycles. The summed E-state index contributed by atoms with van der Waals surface area (Å²) >= 11 is 0. The highest BCUT2D eigenvalue weighted by atomic mass is 19.1. The second kappa shape index (κ2) is 6.53. The Bertz CT molecular complexity index is 581. The average molecular weight is 273 g/mol. The number of hydrogen-bond acceptors (Lipinski definition) is 2. The summed E-state index contributed by atoms with van der Waals surface area (Å²) in [5, 5.41) is 2.96. The van der Waals surface area contributed by atoms with Crippen LogP contribution in [0.5, 0.6) is 11.5 Å². The molecule has 0 fully saturated rings. The smallest absolute Gasteiger partial charge is 0.134 e. The molecule has 1 N–H and O–H groups in total. The zero-order valence-electron chi connectivity index (χ0n) is 12.1. The monoisotopic (exact) mass is 273 g/mol. The van der Waals surface area contributed by atoms with Crippen LogP contribution in [0.15, 0.2) is 42.5 Å². The molecule has 2 nitrogen and oxygen atoms in total. The van der Waals surface area contributed by atoms with Gasteiger partial charge in [0.1, 0.15) is 17.3 Å². The Morgan fingerprint density at radius 2 is 1.90 bits per heavy atom. The van der Waals surface area contributed by atoms with Gasteiger partial charge in [0, 0.05) is 12.1 Å². The molecular weight excluding hydrogens is 253 g/mol. The number of benzene rings is 2. The molecule has 0 spiro atoms. The van der Waals surface area contributed by atoms with Gasteiger partial charge in [-0.25, -0.2) is 4.39 Å². The summed E-state index contributed by atoms with van der Waals surface area (Å²) in [5.74, 6) is 1.47. The first-order valence-electron chi connectivity index (χ1n) is 6.81. The number of hydrogen-bond donors (Lipinski definition) is 1. The van der Waals surface area contributed by atoms with E-state index >= 15 is 0 Å². The number of nitrogens with one attached hydrogen (secondary N) is 1. The molecule has 0 bridgehead atoms. The van der Waals surface area contributed by atoms with Crippen molar-refractivity contribution in [1.29, 1.82) is 0 Å². The van der Waals surface area contributed by atoms with Crippen LogP contribution in [0.2, 0.25) is 0 Å². The second-order valence-electron chi connectivity index (χ2n) is 5.08. The van der Waals surface area contributed by atoms with Crippen molar-refractivity contribution in [3.63, 3.8) is 0 Å². The van der Waals surface area contributed by atoms with E-state index in [0.29, 0.717) is 23.8 Å². The minimum atomic E-state index is -0.253. The van der Waals surface area contributed by atoms with E-state index in [2.05, 4.69) is 25.2 Å². The van der Waals surface area contributed by atoms with E-state index in [1.165, 1.54) is 11.6 Å². The van der Waals surface area contributed by atoms with Crippen LogP contribution in [0.4, 0.5) is 4.39 Å². The number of rotatable bonds is 5. The second-order valence-corrected chi connectivity index (χ2v) is 5.08. The van der Waals surface area contributed by atoms with E-state index in [1.54, 1.807) is 19.2 Å². The van der Waals surface area contributed by atoms with Crippen molar-refractivity contribution in [3.8, 4) is 11.5 Å². The summed E-state index contributed by atoms with van der Waals surface area (Å²) in [6.07, 6.45) is 0. The molecule has 3 heteroatoms. The quantitative estimate of drug-likeness (QED) is 0.868. The highest BCUT2D eigenvalue weighted by Crippen LogP contribution is 2.29. The Balaban J connectivity index is 2.30. The fraction of sp³-hybridized carbons (Fsp3) is 0.294. The molecule has 0 aliphatic rings. The fourth-order valence-electron chi connectivity index (χ4n) is 2.05. The van der Waals surface area contributed by atoms with Crippen LogP contribution in [0.25, 0.3) is 0 Å². The molecule has 0 saturated carbocycles. The van der Waals surface area contributed by atoms with E-state index in [9.17, 15) is 4.39 Å². The van der Waals surface area contributed by atoms with E-state index < -0.39 is 0 Å². The lowest BCUT2D eigenvalue weighted by Gasteiger charge is -2.13. The summed E-state index contributed by atoms with van der Waals surface area (Å²) in [7, 11) is 1.79. The summed E-state index contributed by atoms with van der Waals surface area (Å²) in [6.45, 7) is 4.70. The molecule has 2 aromatic carbocycles. The number of ether oxygens (including phenoxy) is 1. The van der Waals surface area contributed by atoms with Gasteiger partial charge in [-0.3, -0.25) is 0 Å². The Morgan fingerprint density at radius 3 is 2.60 bits per heavy atom. The number of halogens is 1. The molecule has 0 amide bonds. The maximum absolute atomic E-state index is 13.8. The SMILES string of the molecule is CNCc1c(F)cccc1Oc1cccc(C(C)C)c1.